The molecule has 0 bridgehead atoms. The second-order valence-electron chi connectivity index (χ2n) is 10.9. The molecule has 0 atom stereocenters. The van der Waals surface area contributed by atoms with Crippen molar-refractivity contribution in [1.29, 1.82) is 0 Å². The zero-order chi connectivity index (χ0) is 27.9. The summed E-state index contributed by atoms with van der Waals surface area (Å²) in [7, 11) is 0. The lowest BCUT2D eigenvalue weighted by molar-refractivity contribution is 0.919. The van der Waals surface area contributed by atoms with Crippen LogP contribution in [0.1, 0.15) is 12.8 Å². The SMILES string of the molecule is C1=CCCC(N(c2ccccc2)c2ccc3ccc4c(N(c5ccccc5)c5ccccc5)ccc5ccc2c3c54)=C1. The first kappa shape index (κ1) is 24.5. The van der Waals surface area contributed by atoms with Gasteiger partial charge in [-0.1, -0.05) is 103 Å². The van der Waals surface area contributed by atoms with Gasteiger partial charge in [0.15, 0.2) is 0 Å². The summed E-state index contributed by atoms with van der Waals surface area (Å²) >= 11 is 0. The summed E-state index contributed by atoms with van der Waals surface area (Å²) in [4.78, 5) is 4.83. The van der Waals surface area contributed by atoms with E-state index in [0.717, 1.165) is 24.2 Å². The lowest BCUT2D eigenvalue weighted by Crippen LogP contribution is -2.17. The maximum atomic E-state index is 2.45. The number of anilines is 5. The van der Waals surface area contributed by atoms with E-state index in [4.69, 9.17) is 0 Å². The summed E-state index contributed by atoms with van der Waals surface area (Å²) in [5, 5.41) is 7.68. The summed E-state index contributed by atoms with van der Waals surface area (Å²) < 4.78 is 0. The van der Waals surface area contributed by atoms with Crippen LogP contribution in [0.2, 0.25) is 0 Å². The summed E-state index contributed by atoms with van der Waals surface area (Å²) in [5.41, 5.74) is 7.20. The molecular weight excluding hydrogens is 508 g/mol. The van der Waals surface area contributed by atoms with Gasteiger partial charge >= 0.3 is 0 Å². The molecule has 0 aromatic heterocycles. The van der Waals surface area contributed by atoms with Crippen LogP contribution in [-0.2, 0) is 0 Å². The summed E-state index contributed by atoms with van der Waals surface area (Å²) in [6.45, 7) is 0. The van der Waals surface area contributed by atoms with Crippen molar-refractivity contribution >= 4 is 60.8 Å². The predicted molar refractivity (Wildman–Crippen MR) is 180 cm³/mol. The van der Waals surface area contributed by atoms with Crippen molar-refractivity contribution < 1.29 is 0 Å². The maximum absolute atomic E-state index is 2.45. The smallest absolute Gasteiger partial charge is 0.0540 e. The van der Waals surface area contributed by atoms with E-state index in [1.165, 1.54) is 55.1 Å². The predicted octanol–water partition coefficient (Wildman–Crippen LogP) is 11.4. The molecule has 42 heavy (non-hydrogen) atoms. The minimum atomic E-state index is 1.01. The monoisotopic (exact) mass is 538 g/mol. The topological polar surface area (TPSA) is 6.48 Å². The van der Waals surface area contributed by atoms with Crippen LogP contribution in [0.15, 0.2) is 163 Å². The van der Waals surface area contributed by atoms with Crippen LogP contribution in [0.4, 0.5) is 28.4 Å². The third-order valence-corrected chi connectivity index (χ3v) is 8.42. The van der Waals surface area contributed by atoms with Crippen LogP contribution in [0, 0.1) is 0 Å². The molecule has 0 radical (unpaired) electrons. The molecule has 0 aliphatic heterocycles. The molecular formula is C40H30N2. The van der Waals surface area contributed by atoms with Gasteiger partial charge in [0.25, 0.3) is 0 Å². The minimum absolute atomic E-state index is 1.01. The Balaban J connectivity index is 1.41. The molecule has 1 aliphatic rings. The summed E-state index contributed by atoms with van der Waals surface area (Å²) in [6.07, 6.45) is 8.78. The van der Waals surface area contributed by atoms with Crippen LogP contribution in [-0.4, -0.2) is 0 Å². The molecule has 2 nitrogen and oxygen atoms in total. The average molecular weight is 539 g/mol. The van der Waals surface area contributed by atoms with Crippen LogP contribution in [0.5, 0.6) is 0 Å². The van der Waals surface area contributed by atoms with Gasteiger partial charge in [-0.25, -0.2) is 0 Å². The maximum Gasteiger partial charge on any atom is 0.0540 e. The molecule has 7 aromatic rings. The standard InChI is InChI=1S/C40H30N2/c1-5-13-31(14-6-1)41(32-15-7-2-8-16-32)37-27-23-29-22-26-36-38(28-24-30-21-25-35(37)39(29)40(30)36)42(33-17-9-3-10-18-33)34-19-11-4-12-20-34/h1-11,13-19,21-28H,12,20H2. The Kier molecular flexibility index (Phi) is 5.97. The number of rotatable bonds is 6. The van der Waals surface area contributed by atoms with E-state index >= 15 is 0 Å². The molecule has 0 saturated heterocycles. The van der Waals surface area contributed by atoms with Gasteiger partial charge < -0.3 is 9.80 Å². The highest BCUT2D eigenvalue weighted by Crippen LogP contribution is 2.46. The Morgan fingerprint density at radius 2 is 0.881 bits per heavy atom. The van der Waals surface area contributed by atoms with Gasteiger partial charge in [0.2, 0.25) is 0 Å². The quantitative estimate of drug-likeness (QED) is 0.194. The second kappa shape index (κ2) is 10.2. The highest BCUT2D eigenvalue weighted by atomic mass is 15.2. The largest absolute Gasteiger partial charge is 0.314 e. The fraction of sp³-hybridized carbons (Fsp3) is 0.0500. The Morgan fingerprint density at radius 1 is 0.429 bits per heavy atom. The Bertz CT molecular complexity index is 2040. The molecule has 0 amide bonds. The van der Waals surface area contributed by atoms with Crippen molar-refractivity contribution in [2.24, 2.45) is 0 Å². The van der Waals surface area contributed by atoms with E-state index in [-0.39, 0.29) is 0 Å². The van der Waals surface area contributed by atoms with E-state index in [2.05, 4.69) is 168 Å². The van der Waals surface area contributed by atoms with E-state index in [9.17, 15) is 0 Å². The normalized spacial score (nSPS) is 13.1. The molecule has 0 unspecified atom stereocenters. The fourth-order valence-electron chi connectivity index (χ4n) is 6.55. The van der Waals surface area contributed by atoms with Crippen LogP contribution in [0.25, 0.3) is 32.3 Å². The van der Waals surface area contributed by atoms with Gasteiger partial charge in [-0.15, -0.1) is 0 Å². The van der Waals surface area contributed by atoms with Crippen LogP contribution < -0.4 is 9.80 Å². The van der Waals surface area contributed by atoms with Gasteiger partial charge in [0.05, 0.1) is 11.4 Å². The lowest BCUT2D eigenvalue weighted by Gasteiger charge is -2.31. The van der Waals surface area contributed by atoms with Crippen molar-refractivity contribution in [3.05, 3.63) is 163 Å². The number of hydrogen-bond donors (Lipinski definition) is 0. The first-order valence-electron chi connectivity index (χ1n) is 14.7. The van der Waals surface area contributed by atoms with Gasteiger partial charge in [-0.2, -0.15) is 0 Å². The Labute approximate surface area is 246 Å². The molecule has 0 spiro atoms. The second-order valence-corrected chi connectivity index (χ2v) is 10.9. The molecule has 2 heteroatoms. The van der Waals surface area contributed by atoms with E-state index < -0.39 is 0 Å². The zero-order valence-electron chi connectivity index (χ0n) is 23.3. The van der Waals surface area contributed by atoms with E-state index in [1.807, 2.05) is 0 Å². The van der Waals surface area contributed by atoms with Gasteiger partial charge in [-0.05, 0) is 89.0 Å². The molecule has 200 valence electrons. The van der Waals surface area contributed by atoms with Crippen molar-refractivity contribution in [1.82, 2.24) is 0 Å². The van der Waals surface area contributed by atoms with Crippen molar-refractivity contribution in [3.63, 3.8) is 0 Å². The molecule has 0 N–H and O–H groups in total. The Morgan fingerprint density at radius 3 is 1.36 bits per heavy atom. The number of nitrogens with zero attached hydrogens (tertiary/aromatic N) is 2. The molecule has 7 aromatic carbocycles. The highest BCUT2D eigenvalue weighted by molar-refractivity contribution is 6.28. The molecule has 8 rings (SSSR count). The average Bonchev–Trinajstić information content (AvgIpc) is 3.07. The van der Waals surface area contributed by atoms with Crippen molar-refractivity contribution in [2.75, 3.05) is 9.80 Å². The van der Waals surface area contributed by atoms with Gasteiger partial charge in [0.1, 0.15) is 0 Å². The number of allylic oxidation sites excluding steroid dienone is 4. The number of benzene rings is 7. The molecule has 0 saturated carbocycles. The van der Waals surface area contributed by atoms with Gasteiger partial charge in [-0.3, -0.25) is 0 Å². The third kappa shape index (κ3) is 4.03. The van der Waals surface area contributed by atoms with Gasteiger partial charge in [0, 0.05) is 33.5 Å². The fourth-order valence-corrected chi connectivity index (χ4v) is 6.55. The zero-order valence-corrected chi connectivity index (χ0v) is 23.3. The molecule has 0 heterocycles. The molecule has 1 aliphatic carbocycles. The van der Waals surface area contributed by atoms with E-state index in [1.54, 1.807) is 0 Å². The minimum Gasteiger partial charge on any atom is -0.314 e. The number of para-hydroxylation sites is 3. The third-order valence-electron chi connectivity index (χ3n) is 8.42. The molecule has 0 fully saturated rings. The Hall–Kier alpha value is -5.34. The van der Waals surface area contributed by atoms with Crippen LogP contribution in [0.3, 0.4) is 0 Å². The summed E-state index contributed by atoms with van der Waals surface area (Å²) in [6, 6.07) is 50.5. The first-order valence-corrected chi connectivity index (χ1v) is 14.7. The van der Waals surface area contributed by atoms with Crippen LogP contribution >= 0.6 is 0 Å². The first-order chi connectivity index (χ1) is 20.9. The lowest BCUT2D eigenvalue weighted by atomic mass is 9.91. The van der Waals surface area contributed by atoms with Crippen molar-refractivity contribution in [3.8, 4) is 0 Å². The number of hydrogen-bond acceptors (Lipinski definition) is 2. The summed E-state index contributed by atoms with van der Waals surface area (Å²) in [5.74, 6) is 0. The van der Waals surface area contributed by atoms with E-state index in [0.29, 0.717) is 0 Å². The van der Waals surface area contributed by atoms with Crippen molar-refractivity contribution in [2.45, 2.75) is 12.8 Å². The highest BCUT2D eigenvalue weighted by Gasteiger charge is 2.22.